The van der Waals surface area contributed by atoms with Crippen molar-refractivity contribution in [3.05, 3.63) is 36.5 Å². The Bertz CT molecular complexity index is 447. The first-order valence-electron chi connectivity index (χ1n) is 10.1. The molecule has 1 aliphatic carbocycles. The third-order valence-corrected chi connectivity index (χ3v) is 5.27. The van der Waals surface area contributed by atoms with Crippen molar-refractivity contribution in [1.29, 1.82) is 0 Å². The van der Waals surface area contributed by atoms with E-state index >= 15 is 0 Å². The maximum absolute atomic E-state index is 10.2. The molecule has 1 atom stereocenters. The second-order valence-electron chi connectivity index (χ2n) is 8.73. The lowest BCUT2D eigenvalue weighted by molar-refractivity contribution is -0.132. The predicted octanol–water partition coefficient (Wildman–Crippen LogP) is 7.51. The van der Waals surface area contributed by atoms with Gasteiger partial charge in [-0.2, -0.15) is 0 Å². The molecule has 0 saturated heterocycles. The second kappa shape index (κ2) is 12.9. The average Bonchev–Trinajstić information content (AvgIpc) is 2.55. The fourth-order valence-electron chi connectivity index (χ4n) is 3.00. The quantitative estimate of drug-likeness (QED) is 0.456. The van der Waals surface area contributed by atoms with Gasteiger partial charge in [-0.3, -0.25) is 4.79 Å². The molecule has 2 heteroatoms. The minimum absolute atomic E-state index is 0.114. The Labute approximate surface area is 163 Å². The van der Waals surface area contributed by atoms with Gasteiger partial charge in [-0.1, -0.05) is 87.6 Å². The van der Waals surface area contributed by atoms with E-state index in [0.29, 0.717) is 17.3 Å². The lowest BCUT2D eigenvalue weighted by Crippen LogP contribution is -2.30. The fraction of sp³-hybridized carbons (Fsp3) is 0.708. The van der Waals surface area contributed by atoms with Gasteiger partial charge in [0.25, 0.3) is 6.47 Å². The summed E-state index contributed by atoms with van der Waals surface area (Å²) >= 11 is 0. The second-order valence-corrected chi connectivity index (χ2v) is 8.73. The Morgan fingerprint density at radius 3 is 1.96 bits per heavy atom. The van der Waals surface area contributed by atoms with Gasteiger partial charge in [0, 0.05) is 0 Å². The molecule has 1 unspecified atom stereocenters. The normalized spacial score (nSPS) is 17.4. The van der Waals surface area contributed by atoms with Crippen LogP contribution in [0, 0.1) is 16.7 Å². The molecule has 26 heavy (non-hydrogen) atoms. The van der Waals surface area contributed by atoms with Gasteiger partial charge in [0.2, 0.25) is 0 Å². The first-order chi connectivity index (χ1) is 12.0. The van der Waals surface area contributed by atoms with Crippen molar-refractivity contribution >= 4 is 6.47 Å². The molecule has 1 aliphatic rings. The van der Waals surface area contributed by atoms with Crippen molar-refractivity contribution in [2.24, 2.45) is 16.7 Å². The number of hydrogen-bond donors (Lipinski definition) is 0. The molecular weight excluding hydrogens is 320 g/mol. The van der Waals surface area contributed by atoms with Gasteiger partial charge >= 0.3 is 0 Å². The molecule has 0 aromatic rings. The van der Waals surface area contributed by atoms with Crippen molar-refractivity contribution in [3.63, 3.8) is 0 Å². The van der Waals surface area contributed by atoms with E-state index in [2.05, 4.69) is 61.6 Å². The van der Waals surface area contributed by atoms with Crippen LogP contribution in [0.1, 0.15) is 88.0 Å². The Morgan fingerprint density at radius 2 is 1.65 bits per heavy atom. The van der Waals surface area contributed by atoms with Crippen molar-refractivity contribution in [2.45, 2.75) is 94.1 Å². The van der Waals surface area contributed by atoms with Crippen LogP contribution in [0.25, 0.3) is 0 Å². The van der Waals surface area contributed by atoms with Gasteiger partial charge in [0.15, 0.2) is 0 Å². The molecule has 1 rings (SSSR count). The molecule has 0 heterocycles. The summed E-state index contributed by atoms with van der Waals surface area (Å²) in [6, 6.07) is 0. The largest absolute Gasteiger partial charge is 0.460 e. The molecular formula is C24H44O2. The number of carbonyl (C=O) groups is 1. The smallest absolute Gasteiger partial charge is 0.293 e. The molecule has 0 aromatic heterocycles. The zero-order valence-corrected chi connectivity index (χ0v) is 18.9. The number of allylic oxidation sites excluding steroid dienone is 2. The van der Waals surface area contributed by atoms with E-state index in [1.165, 1.54) is 6.42 Å². The van der Waals surface area contributed by atoms with E-state index in [1.807, 2.05) is 19.9 Å². The monoisotopic (exact) mass is 364 g/mol. The first-order valence-corrected chi connectivity index (χ1v) is 10.1. The zero-order valence-electron chi connectivity index (χ0n) is 18.9. The maximum atomic E-state index is 10.2. The van der Waals surface area contributed by atoms with E-state index in [0.717, 1.165) is 36.3 Å². The summed E-state index contributed by atoms with van der Waals surface area (Å²) in [4.78, 5) is 10.2. The van der Waals surface area contributed by atoms with Gasteiger partial charge in [-0.15, -0.1) is 0 Å². The summed E-state index contributed by atoms with van der Waals surface area (Å²) < 4.78 is 4.96. The third-order valence-electron chi connectivity index (χ3n) is 5.27. The highest BCUT2D eigenvalue weighted by molar-refractivity contribution is 5.42. The van der Waals surface area contributed by atoms with Gasteiger partial charge in [-0.25, -0.2) is 0 Å². The van der Waals surface area contributed by atoms with Crippen molar-refractivity contribution < 1.29 is 9.53 Å². The van der Waals surface area contributed by atoms with Crippen LogP contribution in [0.2, 0.25) is 0 Å². The summed E-state index contributed by atoms with van der Waals surface area (Å²) in [6.07, 6.45) is 7.70. The van der Waals surface area contributed by atoms with Crippen LogP contribution < -0.4 is 0 Å². The average molecular weight is 365 g/mol. The van der Waals surface area contributed by atoms with Crippen LogP contribution in [0.5, 0.6) is 0 Å². The fourth-order valence-corrected chi connectivity index (χ4v) is 3.00. The van der Waals surface area contributed by atoms with E-state index in [1.54, 1.807) is 6.08 Å². The van der Waals surface area contributed by atoms with Gasteiger partial charge in [-0.05, 0) is 53.6 Å². The molecule has 0 aliphatic heterocycles. The molecule has 0 amide bonds. The number of carbonyl (C=O) groups excluding carboxylic acids is 1. The van der Waals surface area contributed by atoms with Crippen LogP contribution in [0.4, 0.5) is 0 Å². The molecule has 0 radical (unpaired) electrons. The third kappa shape index (κ3) is 9.40. The summed E-state index contributed by atoms with van der Waals surface area (Å²) in [5, 5.41) is 0. The van der Waals surface area contributed by atoms with Crippen LogP contribution in [-0.2, 0) is 9.53 Å². The van der Waals surface area contributed by atoms with E-state index in [-0.39, 0.29) is 6.10 Å². The Morgan fingerprint density at radius 1 is 1.12 bits per heavy atom. The molecule has 0 bridgehead atoms. The molecule has 2 nitrogen and oxygen atoms in total. The molecule has 0 aromatic carbocycles. The number of rotatable bonds is 6. The van der Waals surface area contributed by atoms with Crippen molar-refractivity contribution in [1.82, 2.24) is 0 Å². The van der Waals surface area contributed by atoms with Crippen LogP contribution in [-0.4, -0.2) is 12.6 Å². The Kier molecular flexibility index (Phi) is 13.4. The lowest BCUT2D eigenvalue weighted by atomic mass is 9.65. The van der Waals surface area contributed by atoms with Crippen LogP contribution >= 0.6 is 0 Å². The summed E-state index contributed by atoms with van der Waals surface area (Å²) in [7, 11) is 0. The van der Waals surface area contributed by atoms with Crippen molar-refractivity contribution in [2.75, 3.05) is 0 Å². The number of hydrogen-bond acceptors (Lipinski definition) is 2. The highest BCUT2D eigenvalue weighted by Gasteiger charge is 2.32. The standard InChI is InChI=1S/C11H14O2.C11H24.C2H6/c1-3-9-6-5-7-11(13-8-12)10(9)4-2;1-9(2)8-11(6,7)10(3,4)5;1-2/h3-4,8,11H,1-2,5-7H2;9H,8H2,1-7H3;1-2H3. The van der Waals surface area contributed by atoms with Gasteiger partial charge in [0.1, 0.15) is 6.10 Å². The van der Waals surface area contributed by atoms with E-state index < -0.39 is 0 Å². The lowest BCUT2D eigenvalue weighted by Gasteiger charge is -2.40. The first kappa shape index (κ1) is 26.9. The Balaban J connectivity index is 0. The summed E-state index contributed by atoms with van der Waals surface area (Å²) in [6.45, 7) is 28.3. The Hall–Kier alpha value is -1.31. The maximum Gasteiger partial charge on any atom is 0.293 e. The van der Waals surface area contributed by atoms with E-state index in [9.17, 15) is 4.79 Å². The van der Waals surface area contributed by atoms with Crippen LogP contribution in [0.3, 0.4) is 0 Å². The predicted molar refractivity (Wildman–Crippen MR) is 116 cm³/mol. The SMILES string of the molecule is C=CC1=C(C=C)C(OC=O)CCC1.CC.CC(C)CC(C)(C)C(C)(C)C. The molecule has 0 spiro atoms. The van der Waals surface area contributed by atoms with Crippen LogP contribution in [0.15, 0.2) is 36.5 Å². The highest BCUT2D eigenvalue weighted by Crippen LogP contribution is 2.42. The summed E-state index contributed by atoms with van der Waals surface area (Å²) in [5.41, 5.74) is 3.04. The summed E-state index contributed by atoms with van der Waals surface area (Å²) in [5.74, 6) is 0.809. The number of ether oxygens (including phenoxy) is 1. The van der Waals surface area contributed by atoms with Gasteiger partial charge in [0.05, 0.1) is 0 Å². The highest BCUT2D eigenvalue weighted by atomic mass is 16.5. The van der Waals surface area contributed by atoms with Crippen molar-refractivity contribution in [3.8, 4) is 0 Å². The molecule has 0 saturated carbocycles. The zero-order chi connectivity index (χ0) is 21.0. The topological polar surface area (TPSA) is 26.3 Å². The minimum atomic E-state index is -0.114. The molecule has 152 valence electrons. The minimum Gasteiger partial charge on any atom is -0.460 e. The molecule has 0 fully saturated rings. The van der Waals surface area contributed by atoms with E-state index in [4.69, 9.17) is 4.74 Å². The van der Waals surface area contributed by atoms with Gasteiger partial charge < -0.3 is 4.74 Å². The molecule has 0 N–H and O–H groups in total.